The predicted molar refractivity (Wildman–Crippen MR) is 113 cm³/mol. The van der Waals surface area contributed by atoms with Gasteiger partial charge in [0.1, 0.15) is 11.5 Å². The van der Waals surface area contributed by atoms with Crippen molar-refractivity contribution in [2.24, 2.45) is 0 Å². The number of benzene rings is 2. The Morgan fingerprint density at radius 1 is 0.933 bits per heavy atom. The molecule has 0 atom stereocenters. The van der Waals surface area contributed by atoms with Crippen molar-refractivity contribution in [3.05, 3.63) is 76.8 Å². The van der Waals surface area contributed by atoms with E-state index >= 15 is 0 Å². The van der Waals surface area contributed by atoms with E-state index in [0.29, 0.717) is 27.9 Å². The minimum absolute atomic E-state index is 0.0500. The first kappa shape index (κ1) is 19.7. The summed E-state index contributed by atoms with van der Waals surface area (Å²) in [6, 6.07) is 14.1. The third-order valence-corrected chi connectivity index (χ3v) is 5.48. The molecule has 0 spiro atoms. The molecule has 0 aliphatic rings. The predicted octanol–water partition coefficient (Wildman–Crippen LogP) is 2.87. The van der Waals surface area contributed by atoms with Gasteiger partial charge >= 0.3 is 5.56 Å². The SMILES string of the molecule is COc1ccc(C(=O)CSc2nnc3c(=O)n(-c4ccc(OC)cc4)ccn23)cc1. The summed E-state index contributed by atoms with van der Waals surface area (Å²) in [5.41, 5.74) is 1.16. The van der Waals surface area contributed by atoms with Crippen molar-refractivity contribution in [3.63, 3.8) is 0 Å². The fourth-order valence-corrected chi connectivity index (χ4v) is 3.71. The third-order valence-electron chi connectivity index (χ3n) is 4.53. The quantitative estimate of drug-likeness (QED) is 0.334. The van der Waals surface area contributed by atoms with E-state index in [1.165, 1.54) is 16.3 Å². The Hall–Kier alpha value is -3.59. The third kappa shape index (κ3) is 3.79. The van der Waals surface area contributed by atoms with E-state index < -0.39 is 0 Å². The highest BCUT2D eigenvalue weighted by Gasteiger charge is 2.14. The molecular weight excluding hydrogens is 404 g/mol. The summed E-state index contributed by atoms with van der Waals surface area (Å²) in [4.78, 5) is 25.3. The molecule has 0 radical (unpaired) electrons. The normalized spacial score (nSPS) is 10.9. The van der Waals surface area contributed by atoms with Gasteiger partial charge in [-0.15, -0.1) is 10.2 Å². The smallest absolute Gasteiger partial charge is 0.300 e. The van der Waals surface area contributed by atoms with Gasteiger partial charge in [0.05, 0.1) is 20.0 Å². The van der Waals surface area contributed by atoms with Gasteiger partial charge in [-0.3, -0.25) is 18.6 Å². The van der Waals surface area contributed by atoms with Crippen LogP contribution in [0.2, 0.25) is 0 Å². The van der Waals surface area contributed by atoms with Crippen molar-refractivity contribution in [3.8, 4) is 17.2 Å². The monoisotopic (exact) mass is 422 g/mol. The van der Waals surface area contributed by atoms with Crippen LogP contribution in [0.4, 0.5) is 0 Å². The molecule has 0 N–H and O–H groups in total. The van der Waals surface area contributed by atoms with E-state index in [2.05, 4.69) is 10.2 Å². The second-order valence-electron chi connectivity index (χ2n) is 6.29. The summed E-state index contributed by atoms with van der Waals surface area (Å²) in [5.74, 6) is 1.52. The molecule has 9 heteroatoms. The van der Waals surface area contributed by atoms with Crippen LogP contribution in [-0.2, 0) is 0 Å². The highest BCUT2D eigenvalue weighted by Crippen LogP contribution is 2.19. The lowest BCUT2D eigenvalue weighted by Crippen LogP contribution is -2.20. The van der Waals surface area contributed by atoms with Crippen LogP contribution in [-0.4, -0.2) is 44.9 Å². The molecule has 4 aromatic rings. The molecule has 0 amide bonds. The fraction of sp³-hybridized carbons (Fsp3) is 0.143. The summed E-state index contributed by atoms with van der Waals surface area (Å²) < 4.78 is 13.3. The van der Waals surface area contributed by atoms with Gasteiger partial charge in [-0.2, -0.15) is 0 Å². The lowest BCUT2D eigenvalue weighted by molar-refractivity contribution is 0.102. The summed E-state index contributed by atoms with van der Waals surface area (Å²) in [5, 5.41) is 8.58. The second kappa shape index (κ2) is 8.42. The van der Waals surface area contributed by atoms with E-state index in [1.807, 2.05) is 0 Å². The number of ketones is 1. The van der Waals surface area contributed by atoms with Crippen LogP contribution in [0.1, 0.15) is 10.4 Å². The zero-order valence-electron chi connectivity index (χ0n) is 16.3. The lowest BCUT2D eigenvalue weighted by Gasteiger charge is -2.07. The number of carbonyl (C=O) groups excluding carboxylic acids is 1. The Balaban J connectivity index is 1.55. The van der Waals surface area contributed by atoms with Gasteiger partial charge < -0.3 is 9.47 Å². The number of hydrogen-bond acceptors (Lipinski definition) is 7. The molecule has 152 valence electrons. The number of hydrogen-bond donors (Lipinski definition) is 0. The van der Waals surface area contributed by atoms with Gasteiger partial charge in [0.2, 0.25) is 5.65 Å². The van der Waals surface area contributed by atoms with E-state index in [0.717, 1.165) is 0 Å². The van der Waals surface area contributed by atoms with Crippen molar-refractivity contribution in [1.82, 2.24) is 19.2 Å². The molecule has 0 aliphatic carbocycles. The number of aromatic nitrogens is 4. The molecule has 0 unspecified atom stereocenters. The summed E-state index contributed by atoms with van der Waals surface area (Å²) in [6.45, 7) is 0. The van der Waals surface area contributed by atoms with E-state index in [-0.39, 0.29) is 22.7 Å². The Kier molecular flexibility index (Phi) is 5.53. The summed E-state index contributed by atoms with van der Waals surface area (Å²) in [7, 11) is 3.16. The molecule has 2 heterocycles. The molecule has 2 aromatic carbocycles. The van der Waals surface area contributed by atoms with Gasteiger partial charge in [-0.05, 0) is 48.5 Å². The highest BCUT2D eigenvalue weighted by molar-refractivity contribution is 7.99. The first-order chi connectivity index (χ1) is 14.6. The summed E-state index contributed by atoms with van der Waals surface area (Å²) in [6.07, 6.45) is 3.36. The number of fused-ring (bicyclic) bond motifs is 1. The van der Waals surface area contributed by atoms with Crippen molar-refractivity contribution in [1.29, 1.82) is 0 Å². The van der Waals surface area contributed by atoms with Crippen LogP contribution in [0.15, 0.2) is 70.9 Å². The first-order valence-corrected chi connectivity index (χ1v) is 10.00. The van der Waals surface area contributed by atoms with Gasteiger partial charge in [0.15, 0.2) is 10.9 Å². The van der Waals surface area contributed by atoms with Crippen molar-refractivity contribution in [2.45, 2.75) is 5.16 Å². The number of ether oxygens (including phenoxy) is 2. The second-order valence-corrected chi connectivity index (χ2v) is 7.23. The number of methoxy groups -OCH3 is 2. The standard InChI is InChI=1S/C21H18N4O4S/c1-28-16-7-3-14(4-8-16)18(26)13-30-21-23-22-19-20(27)24(11-12-25(19)21)15-5-9-17(29-2)10-6-15/h3-12H,13H2,1-2H3. The molecule has 4 rings (SSSR count). The van der Waals surface area contributed by atoms with E-state index in [9.17, 15) is 9.59 Å². The molecular formula is C21H18N4O4S. The number of rotatable bonds is 7. The number of thioether (sulfide) groups is 1. The average Bonchev–Trinajstić information content (AvgIpc) is 3.22. The molecule has 8 nitrogen and oxygen atoms in total. The van der Waals surface area contributed by atoms with Crippen molar-refractivity contribution >= 4 is 23.2 Å². The van der Waals surface area contributed by atoms with E-state index in [1.54, 1.807) is 79.5 Å². The van der Waals surface area contributed by atoms with Gasteiger partial charge in [0.25, 0.3) is 0 Å². The zero-order chi connectivity index (χ0) is 21.1. The van der Waals surface area contributed by atoms with Gasteiger partial charge in [-0.1, -0.05) is 11.8 Å². The average molecular weight is 422 g/mol. The number of Topliss-reactive ketones (excluding diaryl/α,β-unsaturated/α-hetero) is 1. The van der Waals surface area contributed by atoms with Crippen LogP contribution in [0, 0.1) is 0 Å². The Labute approximate surface area is 176 Å². The first-order valence-electron chi connectivity index (χ1n) is 9.01. The number of nitrogens with zero attached hydrogens (tertiary/aromatic N) is 4. The molecule has 0 fully saturated rings. The fourth-order valence-electron chi connectivity index (χ4n) is 2.90. The van der Waals surface area contributed by atoms with Crippen LogP contribution in [0.25, 0.3) is 11.3 Å². The Morgan fingerprint density at radius 3 is 2.20 bits per heavy atom. The minimum atomic E-state index is -0.302. The highest BCUT2D eigenvalue weighted by atomic mass is 32.2. The zero-order valence-corrected chi connectivity index (χ0v) is 17.1. The number of carbonyl (C=O) groups is 1. The molecule has 0 saturated heterocycles. The maximum atomic E-state index is 12.8. The van der Waals surface area contributed by atoms with E-state index in [4.69, 9.17) is 9.47 Å². The largest absolute Gasteiger partial charge is 0.497 e. The lowest BCUT2D eigenvalue weighted by atomic mass is 10.1. The molecule has 0 aliphatic heterocycles. The molecule has 30 heavy (non-hydrogen) atoms. The maximum absolute atomic E-state index is 12.8. The van der Waals surface area contributed by atoms with Crippen LogP contribution < -0.4 is 15.0 Å². The minimum Gasteiger partial charge on any atom is -0.497 e. The molecule has 0 saturated carbocycles. The Bertz CT molecular complexity index is 1250. The Morgan fingerprint density at radius 2 is 1.57 bits per heavy atom. The van der Waals surface area contributed by atoms with Crippen molar-refractivity contribution in [2.75, 3.05) is 20.0 Å². The van der Waals surface area contributed by atoms with Crippen LogP contribution in [0.3, 0.4) is 0 Å². The maximum Gasteiger partial charge on any atom is 0.300 e. The molecule has 2 aromatic heterocycles. The van der Waals surface area contributed by atoms with Gasteiger partial charge in [0, 0.05) is 23.6 Å². The topological polar surface area (TPSA) is 87.7 Å². The van der Waals surface area contributed by atoms with Crippen LogP contribution >= 0.6 is 11.8 Å². The molecule has 0 bridgehead atoms. The van der Waals surface area contributed by atoms with Crippen molar-refractivity contribution < 1.29 is 14.3 Å². The van der Waals surface area contributed by atoms with Gasteiger partial charge in [-0.25, -0.2) is 0 Å². The summed E-state index contributed by atoms with van der Waals surface area (Å²) >= 11 is 1.23. The van der Waals surface area contributed by atoms with Crippen LogP contribution in [0.5, 0.6) is 11.5 Å².